The molecule has 0 bridgehead atoms. The van der Waals surface area contributed by atoms with Gasteiger partial charge in [0.2, 0.25) is 0 Å². The van der Waals surface area contributed by atoms with Crippen LogP contribution in [0.5, 0.6) is 0 Å². The van der Waals surface area contributed by atoms with Crippen LogP contribution >= 0.6 is 11.6 Å². The molecule has 1 rings (SSSR count). The molecule has 0 aliphatic rings. The molecule has 0 radical (unpaired) electrons. The van der Waals surface area contributed by atoms with Crippen LogP contribution in [-0.4, -0.2) is 13.1 Å². The van der Waals surface area contributed by atoms with Gasteiger partial charge in [-0.3, -0.25) is 0 Å². The molecule has 1 aromatic heterocycles. The third-order valence-electron chi connectivity index (χ3n) is 1.46. The minimum atomic E-state index is -0.382. The van der Waals surface area contributed by atoms with E-state index >= 15 is 0 Å². The highest BCUT2D eigenvalue weighted by Gasteiger charge is 2.04. The lowest BCUT2D eigenvalue weighted by atomic mass is 10.2. The highest BCUT2D eigenvalue weighted by atomic mass is 35.5. The quantitative estimate of drug-likeness (QED) is 0.544. The fraction of sp³-hybridized carbons (Fsp3) is 0.222. The lowest BCUT2D eigenvalue weighted by Gasteiger charge is -1.95. The summed E-state index contributed by atoms with van der Waals surface area (Å²) in [4.78, 5) is 11.0. The first-order chi connectivity index (χ1) is 6.13. The van der Waals surface area contributed by atoms with Crippen LogP contribution in [0.2, 0.25) is 5.22 Å². The van der Waals surface area contributed by atoms with Gasteiger partial charge in [-0.2, -0.15) is 0 Å². The normalized spacial score (nSPS) is 11.5. The van der Waals surface area contributed by atoms with Crippen molar-refractivity contribution in [2.45, 2.75) is 6.92 Å². The van der Waals surface area contributed by atoms with Crippen molar-refractivity contribution < 1.29 is 13.9 Å². The van der Waals surface area contributed by atoms with Crippen molar-refractivity contribution in [2.24, 2.45) is 0 Å². The van der Waals surface area contributed by atoms with Crippen molar-refractivity contribution in [3.05, 3.63) is 28.7 Å². The van der Waals surface area contributed by atoms with E-state index < -0.39 is 0 Å². The van der Waals surface area contributed by atoms with E-state index in [0.717, 1.165) is 0 Å². The maximum absolute atomic E-state index is 11.0. The van der Waals surface area contributed by atoms with Gasteiger partial charge in [-0.1, -0.05) is 0 Å². The van der Waals surface area contributed by atoms with Gasteiger partial charge in [-0.05, 0) is 36.7 Å². The molecule has 0 saturated heterocycles. The summed E-state index contributed by atoms with van der Waals surface area (Å²) in [7, 11) is 1.33. The molecular formula is C9H9ClO3. The largest absolute Gasteiger partial charge is 0.466 e. The summed E-state index contributed by atoms with van der Waals surface area (Å²) in [6.07, 6.45) is 1.57. The fourth-order valence-electron chi connectivity index (χ4n) is 0.839. The van der Waals surface area contributed by atoms with Crippen LogP contribution in [0.3, 0.4) is 0 Å². The molecule has 0 aliphatic heterocycles. The second-order valence-electron chi connectivity index (χ2n) is 2.46. The molecule has 0 atom stereocenters. The maximum Gasteiger partial charge on any atom is 0.333 e. The summed E-state index contributed by atoms with van der Waals surface area (Å²) in [5.74, 6) is 0.153. The van der Waals surface area contributed by atoms with Crippen molar-refractivity contribution in [3.63, 3.8) is 0 Å². The topological polar surface area (TPSA) is 39.4 Å². The third-order valence-corrected chi connectivity index (χ3v) is 1.66. The summed E-state index contributed by atoms with van der Waals surface area (Å²) in [6.45, 7) is 1.64. The zero-order chi connectivity index (χ0) is 9.84. The number of rotatable bonds is 2. The molecule has 0 unspecified atom stereocenters. The number of ether oxygens (including phenoxy) is 1. The fourth-order valence-corrected chi connectivity index (χ4v) is 0.991. The number of hydrogen-bond acceptors (Lipinski definition) is 3. The molecule has 0 aliphatic carbocycles. The standard InChI is InChI=1S/C9H9ClO3/c1-6(9(11)12-2)5-7-3-4-8(10)13-7/h3-5H,1-2H3/b6-5+. The van der Waals surface area contributed by atoms with E-state index in [1.165, 1.54) is 7.11 Å². The molecule has 70 valence electrons. The Kier molecular flexibility index (Phi) is 3.14. The zero-order valence-electron chi connectivity index (χ0n) is 7.33. The lowest BCUT2D eigenvalue weighted by molar-refractivity contribution is -0.135. The Bertz CT molecular complexity index is 338. The third kappa shape index (κ3) is 2.63. The predicted octanol–water partition coefficient (Wildman–Crippen LogP) is 2.51. The van der Waals surface area contributed by atoms with Crippen LogP contribution in [0.15, 0.2) is 22.1 Å². The number of halogens is 1. The first-order valence-corrected chi connectivity index (χ1v) is 4.03. The Balaban J connectivity index is 2.82. The number of carbonyl (C=O) groups is 1. The molecule has 0 saturated carbocycles. The van der Waals surface area contributed by atoms with Gasteiger partial charge in [0.05, 0.1) is 7.11 Å². The van der Waals surface area contributed by atoms with Gasteiger partial charge in [0.1, 0.15) is 5.76 Å². The Morgan fingerprint density at radius 1 is 1.62 bits per heavy atom. The van der Waals surface area contributed by atoms with E-state index in [0.29, 0.717) is 16.6 Å². The SMILES string of the molecule is COC(=O)/C(C)=C/c1ccc(Cl)o1. The number of methoxy groups -OCH3 is 1. The lowest BCUT2D eigenvalue weighted by Crippen LogP contribution is -2.00. The van der Waals surface area contributed by atoms with E-state index in [9.17, 15) is 4.79 Å². The van der Waals surface area contributed by atoms with Crippen molar-refractivity contribution in [2.75, 3.05) is 7.11 Å². The van der Waals surface area contributed by atoms with Crippen LogP contribution in [0.1, 0.15) is 12.7 Å². The van der Waals surface area contributed by atoms with Crippen LogP contribution in [0.25, 0.3) is 6.08 Å². The minimum Gasteiger partial charge on any atom is -0.466 e. The zero-order valence-corrected chi connectivity index (χ0v) is 8.09. The van der Waals surface area contributed by atoms with Gasteiger partial charge < -0.3 is 9.15 Å². The monoisotopic (exact) mass is 200 g/mol. The Morgan fingerprint density at radius 3 is 2.77 bits per heavy atom. The Morgan fingerprint density at radius 2 is 2.31 bits per heavy atom. The predicted molar refractivity (Wildman–Crippen MR) is 49.4 cm³/mol. The molecular weight excluding hydrogens is 192 g/mol. The van der Waals surface area contributed by atoms with E-state index in [1.807, 2.05) is 0 Å². The van der Waals surface area contributed by atoms with Crippen LogP contribution < -0.4 is 0 Å². The van der Waals surface area contributed by atoms with Gasteiger partial charge in [-0.15, -0.1) is 0 Å². The number of esters is 1. The molecule has 0 aromatic carbocycles. The summed E-state index contributed by atoms with van der Waals surface area (Å²) in [6, 6.07) is 3.28. The van der Waals surface area contributed by atoms with E-state index in [2.05, 4.69) is 4.74 Å². The molecule has 1 aromatic rings. The summed E-state index contributed by atoms with van der Waals surface area (Å²) in [5, 5.41) is 0.295. The number of carbonyl (C=O) groups excluding carboxylic acids is 1. The average Bonchev–Trinajstić information content (AvgIpc) is 2.49. The van der Waals surface area contributed by atoms with Crippen LogP contribution in [0.4, 0.5) is 0 Å². The summed E-state index contributed by atoms with van der Waals surface area (Å²) in [5.41, 5.74) is 0.466. The molecule has 4 heteroatoms. The van der Waals surface area contributed by atoms with Crippen molar-refractivity contribution in [3.8, 4) is 0 Å². The molecule has 0 fully saturated rings. The number of furan rings is 1. The van der Waals surface area contributed by atoms with Gasteiger partial charge in [0.15, 0.2) is 5.22 Å². The van der Waals surface area contributed by atoms with Crippen molar-refractivity contribution >= 4 is 23.6 Å². The highest BCUT2D eigenvalue weighted by Crippen LogP contribution is 2.16. The highest BCUT2D eigenvalue weighted by molar-refractivity contribution is 6.28. The summed E-state index contributed by atoms with van der Waals surface area (Å²) >= 11 is 5.55. The molecule has 0 spiro atoms. The second-order valence-corrected chi connectivity index (χ2v) is 2.83. The molecule has 3 nitrogen and oxygen atoms in total. The maximum atomic E-state index is 11.0. The van der Waals surface area contributed by atoms with Gasteiger partial charge >= 0.3 is 5.97 Å². The van der Waals surface area contributed by atoms with E-state index in [4.69, 9.17) is 16.0 Å². The van der Waals surface area contributed by atoms with Gasteiger partial charge in [0, 0.05) is 5.57 Å². The second kappa shape index (κ2) is 4.14. The van der Waals surface area contributed by atoms with Crippen molar-refractivity contribution in [1.29, 1.82) is 0 Å². The Hall–Kier alpha value is -1.22. The van der Waals surface area contributed by atoms with Gasteiger partial charge in [-0.25, -0.2) is 4.79 Å². The average molecular weight is 201 g/mol. The first-order valence-electron chi connectivity index (χ1n) is 3.65. The van der Waals surface area contributed by atoms with Crippen LogP contribution in [-0.2, 0) is 9.53 Å². The van der Waals surface area contributed by atoms with Gasteiger partial charge in [0.25, 0.3) is 0 Å². The molecule has 0 amide bonds. The van der Waals surface area contributed by atoms with E-state index in [1.54, 1.807) is 25.1 Å². The molecule has 1 heterocycles. The summed E-state index contributed by atoms with van der Waals surface area (Å²) < 4.78 is 9.54. The number of hydrogen-bond donors (Lipinski definition) is 0. The molecule has 13 heavy (non-hydrogen) atoms. The van der Waals surface area contributed by atoms with E-state index in [-0.39, 0.29) is 5.97 Å². The van der Waals surface area contributed by atoms with Crippen LogP contribution in [0, 0.1) is 0 Å². The minimum absolute atomic E-state index is 0.295. The smallest absolute Gasteiger partial charge is 0.333 e. The Labute approximate surface area is 80.9 Å². The van der Waals surface area contributed by atoms with Crippen molar-refractivity contribution in [1.82, 2.24) is 0 Å². The first kappa shape index (κ1) is 9.86. The molecule has 0 N–H and O–H groups in total.